The van der Waals surface area contributed by atoms with E-state index in [2.05, 4.69) is 10.4 Å². The first-order chi connectivity index (χ1) is 15.3. The van der Waals surface area contributed by atoms with Crippen LogP contribution in [0.25, 0.3) is 11.1 Å². The molecule has 0 aliphatic carbocycles. The summed E-state index contributed by atoms with van der Waals surface area (Å²) in [5.41, 5.74) is 1.99. The van der Waals surface area contributed by atoms with Crippen LogP contribution in [-0.2, 0) is 26.0 Å². The highest BCUT2D eigenvalue weighted by atomic mass is 35.5. The lowest BCUT2D eigenvalue weighted by molar-refractivity contribution is -0.115. The number of anilines is 1. The Hall–Kier alpha value is -2.72. The molecule has 3 N–H and O–H groups in total. The van der Waals surface area contributed by atoms with Crippen molar-refractivity contribution >= 4 is 33.2 Å². The first-order valence-electron chi connectivity index (χ1n) is 10.2. The molecule has 10 heteroatoms. The number of carbonyl (C=O) groups is 1. The fraction of sp³-hybridized carbons (Fsp3) is 0.273. The van der Waals surface area contributed by atoms with Crippen LogP contribution in [0.1, 0.15) is 31.1 Å². The Balaban J connectivity index is 1.58. The van der Waals surface area contributed by atoms with Gasteiger partial charge in [0.1, 0.15) is 6.23 Å². The Bertz CT molecular complexity index is 1240. The van der Waals surface area contributed by atoms with Gasteiger partial charge in [0.05, 0.1) is 17.5 Å². The maximum atomic E-state index is 12.5. The fourth-order valence-corrected chi connectivity index (χ4v) is 4.65. The lowest BCUT2D eigenvalue weighted by Gasteiger charge is -2.22. The molecule has 1 amide bonds. The smallest absolute Gasteiger partial charge is 0.238 e. The molecule has 2 aromatic carbocycles. The molecule has 1 saturated heterocycles. The number of hydrogen-bond donors (Lipinski definition) is 2. The van der Waals surface area contributed by atoms with Gasteiger partial charge in [0.2, 0.25) is 15.9 Å². The highest BCUT2D eigenvalue weighted by Gasteiger charge is 2.21. The maximum Gasteiger partial charge on any atom is 0.238 e. The van der Waals surface area contributed by atoms with Crippen molar-refractivity contribution in [1.82, 2.24) is 9.78 Å². The van der Waals surface area contributed by atoms with Gasteiger partial charge in [0.15, 0.2) is 0 Å². The maximum absolute atomic E-state index is 12.5. The largest absolute Gasteiger partial charge is 0.357 e. The van der Waals surface area contributed by atoms with Crippen molar-refractivity contribution < 1.29 is 17.9 Å². The van der Waals surface area contributed by atoms with Crippen LogP contribution in [0.5, 0.6) is 0 Å². The summed E-state index contributed by atoms with van der Waals surface area (Å²) >= 11 is 6.11. The van der Waals surface area contributed by atoms with Crippen molar-refractivity contribution in [2.45, 2.75) is 36.8 Å². The standard InChI is InChI=1S/C22H23ClN4O4S/c23-19-6-2-1-5-15(19)11-21(28)26-17-8-9-18(20(12-17)32(24,29)30)16-13-25-27(14-16)22-7-3-4-10-31-22/h1-2,5-6,8-9,12-14,22H,3-4,7,10-11H2,(H,26,28)(H2,24,29,30). The SMILES string of the molecule is NS(=O)(=O)c1cc(NC(=O)Cc2ccccc2Cl)ccc1-c1cnn(C2CCCCO2)c1. The minimum absolute atomic E-state index is 0.0558. The zero-order chi connectivity index (χ0) is 22.7. The van der Waals surface area contributed by atoms with Gasteiger partial charge in [-0.2, -0.15) is 5.10 Å². The lowest BCUT2D eigenvalue weighted by atomic mass is 10.1. The summed E-state index contributed by atoms with van der Waals surface area (Å²) in [5, 5.41) is 13.0. The molecule has 3 aromatic rings. The highest BCUT2D eigenvalue weighted by molar-refractivity contribution is 7.89. The molecule has 4 rings (SSSR count). The van der Waals surface area contributed by atoms with Crippen LogP contribution < -0.4 is 10.5 Å². The van der Waals surface area contributed by atoms with E-state index in [-0.39, 0.29) is 23.5 Å². The van der Waals surface area contributed by atoms with Crippen LogP contribution in [0.3, 0.4) is 0 Å². The summed E-state index contributed by atoms with van der Waals surface area (Å²) in [4.78, 5) is 12.4. The van der Waals surface area contributed by atoms with Crippen LogP contribution in [0.2, 0.25) is 5.02 Å². The molecular formula is C22H23ClN4O4S. The molecule has 1 aliphatic heterocycles. The third kappa shape index (κ3) is 5.18. The lowest BCUT2D eigenvalue weighted by Crippen LogP contribution is -2.18. The second kappa shape index (κ2) is 9.41. The Morgan fingerprint density at radius 3 is 2.78 bits per heavy atom. The van der Waals surface area contributed by atoms with Crippen molar-refractivity contribution in [1.29, 1.82) is 0 Å². The number of amides is 1. The number of primary sulfonamides is 1. The first kappa shape index (κ1) is 22.5. The zero-order valence-corrected chi connectivity index (χ0v) is 18.8. The average molecular weight is 475 g/mol. The molecule has 1 aliphatic rings. The van der Waals surface area contributed by atoms with Gasteiger partial charge in [-0.3, -0.25) is 4.79 Å². The predicted molar refractivity (Wildman–Crippen MR) is 122 cm³/mol. The fourth-order valence-electron chi connectivity index (χ4n) is 3.66. The van der Waals surface area contributed by atoms with E-state index in [1.165, 1.54) is 6.07 Å². The van der Waals surface area contributed by atoms with E-state index in [1.54, 1.807) is 53.5 Å². The van der Waals surface area contributed by atoms with Crippen molar-refractivity contribution in [3.63, 3.8) is 0 Å². The number of rotatable bonds is 6. The number of nitrogens with one attached hydrogen (secondary N) is 1. The molecular weight excluding hydrogens is 452 g/mol. The number of benzene rings is 2. The van der Waals surface area contributed by atoms with E-state index in [1.807, 2.05) is 0 Å². The number of sulfonamides is 1. The van der Waals surface area contributed by atoms with E-state index < -0.39 is 10.0 Å². The van der Waals surface area contributed by atoms with Gasteiger partial charge < -0.3 is 10.1 Å². The van der Waals surface area contributed by atoms with Gasteiger partial charge in [-0.15, -0.1) is 0 Å². The molecule has 0 bridgehead atoms. The summed E-state index contributed by atoms with van der Waals surface area (Å²) in [6, 6.07) is 11.6. The molecule has 1 aromatic heterocycles. The average Bonchev–Trinajstić information content (AvgIpc) is 3.25. The molecule has 0 spiro atoms. The van der Waals surface area contributed by atoms with E-state index in [4.69, 9.17) is 21.5 Å². The summed E-state index contributed by atoms with van der Waals surface area (Å²) in [5.74, 6) is -0.325. The third-order valence-corrected chi connectivity index (χ3v) is 6.56. The van der Waals surface area contributed by atoms with Crippen LogP contribution >= 0.6 is 11.6 Å². The minimum Gasteiger partial charge on any atom is -0.357 e. The van der Waals surface area contributed by atoms with E-state index in [9.17, 15) is 13.2 Å². The number of carbonyl (C=O) groups excluding carboxylic acids is 1. The molecule has 168 valence electrons. The quantitative estimate of drug-likeness (QED) is 0.564. The van der Waals surface area contributed by atoms with Gasteiger partial charge in [-0.1, -0.05) is 35.9 Å². The van der Waals surface area contributed by atoms with Gasteiger partial charge in [0, 0.05) is 34.6 Å². The monoisotopic (exact) mass is 474 g/mol. The minimum atomic E-state index is -4.06. The Morgan fingerprint density at radius 2 is 2.06 bits per heavy atom. The van der Waals surface area contributed by atoms with E-state index in [0.29, 0.717) is 34.0 Å². The Kier molecular flexibility index (Phi) is 6.61. The Labute approximate surface area is 191 Å². The molecule has 0 radical (unpaired) electrons. The summed E-state index contributed by atoms with van der Waals surface area (Å²) < 4.78 is 32.0. The molecule has 1 unspecified atom stereocenters. The van der Waals surface area contributed by atoms with Crippen molar-refractivity contribution in [3.05, 3.63) is 65.4 Å². The molecule has 8 nitrogen and oxygen atoms in total. The molecule has 0 saturated carbocycles. The van der Waals surface area contributed by atoms with Crippen molar-refractivity contribution in [2.75, 3.05) is 11.9 Å². The molecule has 1 atom stereocenters. The number of nitrogens with two attached hydrogens (primary N) is 1. The van der Waals surface area contributed by atoms with Crippen molar-refractivity contribution in [3.8, 4) is 11.1 Å². The van der Waals surface area contributed by atoms with Gasteiger partial charge in [-0.05, 0) is 43.0 Å². The zero-order valence-electron chi connectivity index (χ0n) is 17.2. The van der Waals surface area contributed by atoms with Gasteiger partial charge >= 0.3 is 0 Å². The van der Waals surface area contributed by atoms with Crippen molar-refractivity contribution in [2.24, 2.45) is 5.14 Å². The summed E-state index contributed by atoms with van der Waals surface area (Å²) in [6.07, 6.45) is 6.13. The summed E-state index contributed by atoms with van der Waals surface area (Å²) in [6.45, 7) is 0.672. The van der Waals surface area contributed by atoms with Crippen LogP contribution in [0.15, 0.2) is 59.8 Å². The highest BCUT2D eigenvalue weighted by Crippen LogP contribution is 2.31. The molecule has 1 fully saturated rings. The van der Waals surface area contributed by atoms with E-state index in [0.717, 1.165) is 19.3 Å². The first-order valence-corrected chi connectivity index (χ1v) is 12.1. The summed E-state index contributed by atoms with van der Waals surface area (Å²) in [7, 11) is -4.06. The second-order valence-electron chi connectivity index (χ2n) is 7.60. The topological polar surface area (TPSA) is 116 Å². The van der Waals surface area contributed by atoms with Gasteiger partial charge in [0.25, 0.3) is 0 Å². The van der Waals surface area contributed by atoms with Gasteiger partial charge in [-0.25, -0.2) is 18.2 Å². The normalized spacial score (nSPS) is 16.6. The number of halogens is 1. The van der Waals surface area contributed by atoms with Crippen LogP contribution in [0, 0.1) is 0 Å². The number of hydrogen-bond acceptors (Lipinski definition) is 5. The molecule has 2 heterocycles. The third-order valence-electron chi connectivity index (χ3n) is 5.24. The number of nitrogens with zero attached hydrogens (tertiary/aromatic N) is 2. The van der Waals surface area contributed by atoms with Crippen LogP contribution in [0.4, 0.5) is 5.69 Å². The Morgan fingerprint density at radius 1 is 1.25 bits per heavy atom. The number of aromatic nitrogens is 2. The van der Waals surface area contributed by atoms with E-state index >= 15 is 0 Å². The van der Waals surface area contributed by atoms with Crippen LogP contribution in [-0.4, -0.2) is 30.7 Å². The number of ether oxygens (including phenoxy) is 1. The predicted octanol–water partition coefficient (Wildman–Crippen LogP) is 3.73. The molecule has 32 heavy (non-hydrogen) atoms. The second-order valence-corrected chi connectivity index (χ2v) is 9.54.